The molecule has 0 N–H and O–H groups in total. The van der Waals surface area contributed by atoms with Gasteiger partial charge in [0, 0.05) is 6.07 Å². The van der Waals surface area contributed by atoms with E-state index in [0.717, 1.165) is 32.0 Å². The number of hydrogen-bond acceptors (Lipinski definition) is 5. The number of nitrogens with zero attached hydrogens (tertiary/aromatic N) is 1. The molecule has 1 aromatic rings. The molecular formula is C20H33NO4S. The van der Waals surface area contributed by atoms with Crippen LogP contribution in [0.4, 0.5) is 0 Å². The molecular weight excluding hydrogens is 350 g/mol. The Morgan fingerprint density at radius 3 is 2.38 bits per heavy atom. The fraction of sp³-hybridized carbons (Fsp3) is 0.700. The largest absolute Gasteiger partial charge is 0.493 e. The van der Waals surface area contributed by atoms with Crippen molar-refractivity contribution >= 4 is 9.84 Å². The van der Waals surface area contributed by atoms with Crippen LogP contribution in [-0.2, 0) is 9.84 Å². The topological polar surface area (TPSA) is 55.8 Å². The molecule has 26 heavy (non-hydrogen) atoms. The lowest BCUT2D eigenvalue weighted by Gasteiger charge is -2.30. The zero-order valence-electron chi connectivity index (χ0n) is 16.5. The van der Waals surface area contributed by atoms with Gasteiger partial charge in [-0.25, -0.2) is 8.42 Å². The van der Waals surface area contributed by atoms with E-state index < -0.39 is 9.84 Å². The summed E-state index contributed by atoms with van der Waals surface area (Å²) in [5.74, 6) is 1.81. The van der Waals surface area contributed by atoms with Crippen LogP contribution in [0.5, 0.6) is 11.5 Å². The minimum atomic E-state index is -3.37. The maximum absolute atomic E-state index is 13.0. The Labute approximate surface area is 158 Å². The molecule has 1 aliphatic heterocycles. The van der Waals surface area contributed by atoms with E-state index in [0.29, 0.717) is 29.2 Å². The van der Waals surface area contributed by atoms with Crippen molar-refractivity contribution in [3.05, 3.63) is 18.2 Å². The second-order valence-electron chi connectivity index (χ2n) is 7.26. The third-order valence-corrected chi connectivity index (χ3v) is 7.81. The molecule has 1 aromatic carbocycles. The molecule has 2 rings (SSSR count). The van der Waals surface area contributed by atoms with E-state index in [2.05, 4.69) is 11.8 Å². The summed E-state index contributed by atoms with van der Waals surface area (Å²) < 4.78 is 36.6. The molecule has 0 bridgehead atoms. The van der Waals surface area contributed by atoms with Gasteiger partial charge in [-0.05, 0) is 69.8 Å². The van der Waals surface area contributed by atoms with Crippen molar-refractivity contribution in [1.82, 2.24) is 4.90 Å². The highest BCUT2D eigenvalue weighted by Crippen LogP contribution is 2.32. The van der Waals surface area contributed by atoms with Crippen molar-refractivity contribution in [2.24, 2.45) is 5.92 Å². The molecule has 1 fully saturated rings. The Morgan fingerprint density at radius 1 is 1.15 bits per heavy atom. The number of benzene rings is 1. The van der Waals surface area contributed by atoms with Crippen LogP contribution in [0.2, 0.25) is 0 Å². The van der Waals surface area contributed by atoms with Crippen LogP contribution in [0.3, 0.4) is 0 Å². The fourth-order valence-electron chi connectivity index (χ4n) is 3.59. The van der Waals surface area contributed by atoms with Crippen molar-refractivity contribution in [2.45, 2.75) is 56.1 Å². The molecule has 0 spiro atoms. The standard InChI is InChI=1S/C20H33NO4S/c1-5-17(7-6-12-21-13-10-16(2)11-14-21)26(22,23)18-8-9-19(24-3)20(15-18)25-4/h8-9,15-17H,5-7,10-14H2,1-4H3. The van der Waals surface area contributed by atoms with Gasteiger partial charge in [-0.15, -0.1) is 0 Å². The molecule has 148 valence electrons. The van der Waals surface area contributed by atoms with Gasteiger partial charge in [-0.1, -0.05) is 13.8 Å². The van der Waals surface area contributed by atoms with Crippen LogP contribution in [-0.4, -0.2) is 52.4 Å². The van der Waals surface area contributed by atoms with E-state index in [4.69, 9.17) is 9.47 Å². The third-order valence-electron chi connectivity index (χ3n) is 5.45. The van der Waals surface area contributed by atoms with Gasteiger partial charge >= 0.3 is 0 Å². The second-order valence-corrected chi connectivity index (χ2v) is 9.49. The highest BCUT2D eigenvalue weighted by Gasteiger charge is 2.27. The first kappa shape index (κ1) is 21.0. The van der Waals surface area contributed by atoms with Gasteiger partial charge in [0.2, 0.25) is 0 Å². The van der Waals surface area contributed by atoms with Crippen molar-refractivity contribution in [2.75, 3.05) is 33.9 Å². The Kier molecular flexibility index (Phi) is 7.77. The quantitative estimate of drug-likeness (QED) is 0.650. The number of piperidine rings is 1. The molecule has 1 unspecified atom stereocenters. The number of likely N-dealkylation sites (tertiary alicyclic amines) is 1. The predicted molar refractivity (Wildman–Crippen MR) is 105 cm³/mol. The van der Waals surface area contributed by atoms with Gasteiger partial charge in [0.25, 0.3) is 0 Å². The maximum Gasteiger partial charge on any atom is 0.181 e. The Hall–Kier alpha value is -1.27. The molecule has 0 radical (unpaired) electrons. The van der Waals surface area contributed by atoms with Gasteiger partial charge in [-0.3, -0.25) is 0 Å². The summed E-state index contributed by atoms with van der Waals surface area (Å²) in [4.78, 5) is 2.78. The van der Waals surface area contributed by atoms with E-state index in [1.54, 1.807) is 25.3 Å². The molecule has 1 heterocycles. The number of ether oxygens (including phenoxy) is 2. The van der Waals surface area contributed by atoms with Crippen LogP contribution in [0.15, 0.2) is 23.1 Å². The summed E-state index contributed by atoms with van der Waals surface area (Å²) in [6, 6.07) is 4.85. The average Bonchev–Trinajstić information content (AvgIpc) is 2.65. The summed E-state index contributed by atoms with van der Waals surface area (Å²) >= 11 is 0. The number of hydrogen-bond donors (Lipinski definition) is 0. The first-order chi connectivity index (χ1) is 12.4. The van der Waals surface area contributed by atoms with Crippen molar-refractivity contribution in [1.29, 1.82) is 0 Å². The van der Waals surface area contributed by atoms with E-state index in [1.807, 2.05) is 6.92 Å². The molecule has 0 aromatic heterocycles. The maximum atomic E-state index is 13.0. The highest BCUT2D eigenvalue weighted by atomic mass is 32.2. The zero-order chi connectivity index (χ0) is 19.2. The molecule has 5 nitrogen and oxygen atoms in total. The van der Waals surface area contributed by atoms with E-state index >= 15 is 0 Å². The summed E-state index contributed by atoms with van der Waals surface area (Å²) in [6.45, 7) is 7.52. The SMILES string of the molecule is CCC(CCCN1CCC(C)CC1)S(=O)(=O)c1ccc(OC)c(OC)c1. The fourth-order valence-corrected chi connectivity index (χ4v) is 5.42. The van der Waals surface area contributed by atoms with Crippen molar-refractivity contribution in [3.8, 4) is 11.5 Å². The molecule has 6 heteroatoms. The smallest absolute Gasteiger partial charge is 0.181 e. The van der Waals surface area contributed by atoms with Gasteiger partial charge in [0.05, 0.1) is 24.4 Å². The molecule has 1 atom stereocenters. The zero-order valence-corrected chi connectivity index (χ0v) is 17.3. The second kappa shape index (κ2) is 9.60. The minimum absolute atomic E-state index is 0.314. The van der Waals surface area contributed by atoms with Gasteiger partial charge in [0.15, 0.2) is 21.3 Å². The van der Waals surface area contributed by atoms with Crippen LogP contribution >= 0.6 is 0 Å². The number of rotatable bonds is 9. The van der Waals surface area contributed by atoms with E-state index in [1.165, 1.54) is 20.0 Å². The first-order valence-electron chi connectivity index (χ1n) is 9.60. The molecule has 1 aliphatic rings. The summed E-state index contributed by atoms with van der Waals surface area (Å²) in [6.07, 6.45) is 4.73. The van der Waals surface area contributed by atoms with Gasteiger partial charge < -0.3 is 14.4 Å². The van der Waals surface area contributed by atoms with Crippen molar-refractivity contribution in [3.63, 3.8) is 0 Å². The molecule has 1 saturated heterocycles. The predicted octanol–water partition coefficient (Wildman–Crippen LogP) is 3.77. The molecule has 0 aliphatic carbocycles. The van der Waals surface area contributed by atoms with Crippen LogP contribution < -0.4 is 9.47 Å². The van der Waals surface area contributed by atoms with Crippen LogP contribution in [0, 0.1) is 5.92 Å². The normalized spacial score (nSPS) is 17.8. The lowest BCUT2D eigenvalue weighted by molar-refractivity contribution is 0.189. The average molecular weight is 384 g/mol. The molecule has 0 amide bonds. The summed E-state index contributed by atoms with van der Waals surface area (Å²) in [5.41, 5.74) is 0. The Morgan fingerprint density at radius 2 is 1.81 bits per heavy atom. The summed E-state index contributed by atoms with van der Waals surface area (Å²) in [5, 5.41) is -0.357. The van der Waals surface area contributed by atoms with Crippen LogP contribution in [0.1, 0.15) is 46.0 Å². The summed E-state index contributed by atoms with van der Waals surface area (Å²) in [7, 11) is -0.312. The van der Waals surface area contributed by atoms with Gasteiger partial charge in [-0.2, -0.15) is 0 Å². The van der Waals surface area contributed by atoms with Gasteiger partial charge in [0.1, 0.15) is 0 Å². The monoisotopic (exact) mass is 383 g/mol. The number of methoxy groups -OCH3 is 2. The minimum Gasteiger partial charge on any atom is -0.493 e. The first-order valence-corrected chi connectivity index (χ1v) is 11.1. The van der Waals surface area contributed by atoms with Crippen molar-refractivity contribution < 1.29 is 17.9 Å². The number of sulfone groups is 1. The van der Waals surface area contributed by atoms with Crippen LogP contribution in [0.25, 0.3) is 0 Å². The highest BCUT2D eigenvalue weighted by molar-refractivity contribution is 7.92. The van der Waals surface area contributed by atoms with E-state index in [9.17, 15) is 8.42 Å². The lowest BCUT2D eigenvalue weighted by Crippen LogP contribution is -2.34. The Balaban J connectivity index is 2.01. The third kappa shape index (κ3) is 5.13. The molecule has 0 saturated carbocycles. The Bertz CT molecular complexity index is 666. The lowest BCUT2D eigenvalue weighted by atomic mass is 9.99. The van der Waals surface area contributed by atoms with E-state index in [-0.39, 0.29) is 5.25 Å².